The molecule has 0 saturated heterocycles. The van der Waals surface area contributed by atoms with E-state index < -0.39 is 0 Å². The predicted molar refractivity (Wildman–Crippen MR) is 71.7 cm³/mol. The van der Waals surface area contributed by atoms with Gasteiger partial charge >= 0.3 is 0 Å². The third kappa shape index (κ3) is 2.60. The SMILES string of the molecule is N#CCc1cnc(C2=CCNCC2)c(I)c1. The highest BCUT2D eigenvalue weighted by Crippen LogP contribution is 2.23. The van der Waals surface area contributed by atoms with Crippen LogP contribution in [0.4, 0.5) is 0 Å². The lowest BCUT2D eigenvalue weighted by Gasteiger charge is -2.14. The summed E-state index contributed by atoms with van der Waals surface area (Å²) < 4.78 is 1.14. The van der Waals surface area contributed by atoms with Crippen molar-refractivity contribution in [2.24, 2.45) is 0 Å². The van der Waals surface area contributed by atoms with Gasteiger partial charge in [-0.25, -0.2) is 0 Å². The molecule has 0 atom stereocenters. The molecule has 0 spiro atoms. The van der Waals surface area contributed by atoms with Crippen LogP contribution in [0.25, 0.3) is 5.57 Å². The maximum atomic E-state index is 8.63. The van der Waals surface area contributed by atoms with Crippen molar-refractivity contribution in [1.82, 2.24) is 10.3 Å². The fourth-order valence-corrected chi connectivity index (χ4v) is 2.63. The lowest BCUT2D eigenvalue weighted by molar-refractivity contribution is 0.736. The molecular formula is C12H12IN3. The number of nitrogens with one attached hydrogen (secondary N) is 1. The Bertz CT molecular complexity index is 460. The molecule has 3 nitrogen and oxygen atoms in total. The van der Waals surface area contributed by atoms with E-state index in [2.05, 4.69) is 51.1 Å². The second kappa shape index (κ2) is 5.41. The summed E-state index contributed by atoms with van der Waals surface area (Å²) in [4.78, 5) is 4.47. The molecular weight excluding hydrogens is 313 g/mol. The van der Waals surface area contributed by atoms with E-state index in [9.17, 15) is 0 Å². The minimum absolute atomic E-state index is 0.434. The fourth-order valence-electron chi connectivity index (χ4n) is 1.74. The first-order chi connectivity index (χ1) is 7.81. The van der Waals surface area contributed by atoms with Crippen molar-refractivity contribution in [3.63, 3.8) is 0 Å². The number of aromatic nitrogens is 1. The molecule has 0 amide bonds. The highest BCUT2D eigenvalue weighted by molar-refractivity contribution is 14.1. The van der Waals surface area contributed by atoms with Crippen LogP contribution in [0.3, 0.4) is 0 Å². The van der Waals surface area contributed by atoms with E-state index in [1.54, 1.807) is 0 Å². The fraction of sp³-hybridized carbons (Fsp3) is 0.333. The van der Waals surface area contributed by atoms with Crippen molar-refractivity contribution in [2.45, 2.75) is 12.8 Å². The van der Waals surface area contributed by atoms with Crippen molar-refractivity contribution in [3.05, 3.63) is 33.2 Å². The highest BCUT2D eigenvalue weighted by atomic mass is 127. The summed E-state index contributed by atoms with van der Waals surface area (Å²) in [6.07, 6.45) is 5.46. The molecule has 1 N–H and O–H groups in total. The third-order valence-corrected chi connectivity index (χ3v) is 3.37. The second-order valence-electron chi connectivity index (χ2n) is 3.69. The number of nitrogens with zero attached hydrogens (tertiary/aromatic N) is 2. The van der Waals surface area contributed by atoms with Gasteiger partial charge in [0.25, 0.3) is 0 Å². The number of halogens is 1. The molecule has 0 saturated carbocycles. The van der Waals surface area contributed by atoms with Crippen molar-refractivity contribution in [2.75, 3.05) is 13.1 Å². The minimum Gasteiger partial charge on any atom is -0.313 e. The predicted octanol–water partition coefficient (Wildman–Crippen LogP) is 2.13. The Morgan fingerprint density at radius 3 is 3.06 bits per heavy atom. The van der Waals surface area contributed by atoms with Crippen LogP contribution in [0.5, 0.6) is 0 Å². The van der Waals surface area contributed by atoms with Gasteiger partial charge in [-0.2, -0.15) is 5.26 Å². The van der Waals surface area contributed by atoms with Crippen LogP contribution in [-0.4, -0.2) is 18.1 Å². The van der Waals surface area contributed by atoms with Gasteiger partial charge in [0.1, 0.15) is 0 Å². The third-order valence-electron chi connectivity index (χ3n) is 2.55. The van der Waals surface area contributed by atoms with Crippen LogP contribution in [0.2, 0.25) is 0 Å². The van der Waals surface area contributed by atoms with Crippen LogP contribution in [0.15, 0.2) is 18.3 Å². The lowest BCUT2D eigenvalue weighted by Crippen LogP contribution is -2.20. The second-order valence-corrected chi connectivity index (χ2v) is 4.85. The molecule has 0 unspecified atom stereocenters. The van der Waals surface area contributed by atoms with E-state index in [1.807, 2.05) is 6.20 Å². The van der Waals surface area contributed by atoms with Gasteiger partial charge in [-0.1, -0.05) is 6.08 Å². The molecule has 1 aliphatic heterocycles. The van der Waals surface area contributed by atoms with Gasteiger partial charge in [0.2, 0.25) is 0 Å². The Morgan fingerprint density at radius 1 is 1.56 bits per heavy atom. The van der Waals surface area contributed by atoms with E-state index in [0.717, 1.165) is 34.3 Å². The average molecular weight is 325 g/mol. The quantitative estimate of drug-likeness (QED) is 0.848. The monoisotopic (exact) mass is 325 g/mol. The summed E-state index contributed by atoms with van der Waals surface area (Å²) >= 11 is 2.29. The standard InChI is InChI=1S/C12H12IN3/c13-11-7-9(1-4-14)8-16-12(11)10-2-5-15-6-3-10/h2,7-8,15H,1,3,5-6H2. The summed E-state index contributed by atoms with van der Waals surface area (Å²) in [5.41, 5.74) is 3.38. The molecule has 16 heavy (non-hydrogen) atoms. The summed E-state index contributed by atoms with van der Waals surface area (Å²) in [6.45, 7) is 1.94. The normalized spacial score (nSPS) is 15.4. The Balaban J connectivity index is 2.29. The molecule has 0 aliphatic carbocycles. The maximum absolute atomic E-state index is 8.63. The molecule has 82 valence electrons. The van der Waals surface area contributed by atoms with Crippen molar-refractivity contribution in [3.8, 4) is 6.07 Å². The summed E-state index contributed by atoms with van der Waals surface area (Å²) in [5, 5.41) is 11.9. The number of rotatable bonds is 2. The van der Waals surface area contributed by atoms with E-state index in [1.165, 1.54) is 5.57 Å². The van der Waals surface area contributed by atoms with Gasteiger partial charge in [0.15, 0.2) is 0 Å². The lowest BCUT2D eigenvalue weighted by atomic mass is 10.0. The van der Waals surface area contributed by atoms with Gasteiger partial charge in [-0.05, 0) is 52.8 Å². The van der Waals surface area contributed by atoms with Crippen molar-refractivity contribution >= 4 is 28.2 Å². The van der Waals surface area contributed by atoms with Gasteiger partial charge in [0.05, 0.1) is 18.2 Å². The van der Waals surface area contributed by atoms with Gasteiger partial charge in [-0.15, -0.1) is 0 Å². The molecule has 1 aromatic heterocycles. The van der Waals surface area contributed by atoms with Crippen molar-refractivity contribution in [1.29, 1.82) is 5.26 Å². The van der Waals surface area contributed by atoms with E-state index in [4.69, 9.17) is 5.26 Å². The largest absolute Gasteiger partial charge is 0.313 e. The minimum atomic E-state index is 0.434. The Hall–Kier alpha value is -0.930. The molecule has 0 bridgehead atoms. The molecule has 2 rings (SSSR count). The average Bonchev–Trinajstić information content (AvgIpc) is 2.31. The Labute approximate surface area is 109 Å². The van der Waals surface area contributed by atoms with Crippen LogP contribution in [-0.2, 0) is 6.42 Å². The maximum Gasteiger partial charge on any atom is 0.0792 e. The van der Waals surface area contributed by atoms with Crippen molar-refractivity contribution < 1.29 is 0 Å². The van der Waals surface area contributed by atoms with Gasteiger partial charge in [-0.3, -0.25) is 4.98 Å². The Kier molecular flexibility index (Phi) is 3.91. The zero-order valence-electron chi connectivity index (χ0n) is 8.83. The van der Waals surface area contributed by atoms with E-state index >= 15 is 0 Å². The molecule has 4 heteroatoms. The van der Waals surface area contributed by atoms with Gasteiger partial charge < -0.3 is 5.32 Å². The molecule has 0 radical (unpaired) electrons. The number of hydrogen-bond donors (Lipinski definition) is 1. The topological polar surface area (TPSA) is 48.7 Å². The van der Waals surface area contributed by atoms with Gasteiger partial charge in [0, 0.05) is 16.3 Å². The van der Waals surface area contributed by atoms with E-state index in [0.29, 0.717) is 6.42 Å². The summed E-state index contributed by atoms with van der Waals surface area (Å²) in [7, 11) is 0. The molecule has 0 fully saturated rings. The zero-order valence-corrected chi connectivity index (χ0v) is 11.0. The van der Waals surface area contributed by atoms with Crippen LogP contribution >= 0.6 is 22.6 Å². The first-order valence-electron chi connectivity index (χ1n) is 5.23. The highest BCUT2D eigenvalue weighted by Gasteiger charge is 2.10. The summed E-state index contributed by atoms with van der Waals surface area (Å²) in [5.74, 6) is 0. The number of hydrogen-bond acceptors (Lipinski definition) is 3. The molecule has 2 heterocycles. The molecule has 1 aliphatic rings. The first-order valence-corrected chi connectivity index (χ1v) is 6.30. The molecule has 0 aromatic carbocycles. The smallest absolute Gasteiger partial charge is 0.0792 e. The first kappa shape index (κ1) is 11.6. The van der Waals surface area contributed by atoms with Crippen LogP contribution in [0.1, 0.15) is 17.7 Å². The molecule has 1 aromatic rings. The van der Waals surface area contributed by atoms with E-state index in [-0.39, 0.29) is 0 Å². The number of pyridine rings is 1. The van der Waals surface area contributed by atoms with Crippen LogP contribution in [0, 0.1) is 14.9 Å². The Morgan fingerprint density at radius 2 is 2.44 bits per heavy atom. The van der Waals surface area contributed by atoms with Crippen LogP contribution < -0.4 is 5.32 Å². The summed E-state index contributed by atoms with van der Waals surface area (Å²) in [6, 6.07) is 4.19. The zero-order chi connectivity index (χ0) is 11.4. The number of nitriles is 1.